The molecule has 0 unspecified atom stereocenters. The molecule has 84 valence electrons. The Kier molecular flexibility index (Phi) is 3.96. The number of hydrogen-bond donors (Lipinski definition) is 1. The third kappa shape index (κ3) is 4.51. The van der Waals surface area contributed by atoms with E-state index in [0.717, 1.165) is 10.2 Å². The monoisotopic (exact) mass is 282 g/mol. The van der Waals surface area contributed by atoms with E-state index in [4.69, 9.17) is 0 Å². The van der Waals surface area contributed by atoms with Crippen LogP contribution in [0.1, 0.15) is 12.1 Å². The first kappa shape index (κ1) is 12.3. The van der Waals surface area contributed by atoms with Crippen LogP contribution in [0.25, 0.3) is 0 Å². The molecule has 0 aliphatic heterocycles. The minimum absolute atomic E-state index is 0.155. The van der Waals surface area contributed by atoms with Gasteiger partial charge in [-0.2, -0.15) is 13.2 Å². The summed E-state index contributed by atoms with van der Waals surface area (Å²) in [5.41, 5.74) is 0.743. The van der Waals surface area contributed by atoms with Gasteiger partial charge in [0.2, 0.25) is 0 Å². The molecule has 15 heavy (non-hydrogen) atoms. The lowest BCUT2D eigenvalue weighted by Gasteiger charge is -2.08. The van der Waals surface area contributed by atoms with Crippen LogP contribution in [0.15, 0.2) is 16.6 Å². The maximum Gasteiger partial charge on any atom is 0.390 e. The van der Waals surface area contributed by atoms with Crippen molar-refractivity contribution in [3.8, 4) is 0 Å². The fraction of sp³-hybridized carbons (Fsp3) is 0.444. The van der Waals surface area contributed by atoms with Crippen LogP contribution in [0.2, 0.25) is 0 Å². The zero-order valence-electron chi connectivity index (χ0n) is 8.03. The summed E-state index contributed by atoms with van der Waals surface area (Å²) in [5, 5.41) is 2.62. The van der Waals surface area contributed by atoms with Gasteiger partial charge in [-0.15, -0.1) is 0 Å². The summed E-state index contributed by atoms with van der Waals surface area (Å²) in [7, 11) is 0. The van der Waals surface area contributed by atoms with Crippen molar-refractivity contribution in [3.63, 3.8) is 0 Å². The molecular weight excluding hydrogens is 273 g/mol. The number of aryl methyl sites for hydroxylation is 1. The largest absolute Gasteiger partial charge is 0.390 e. The van der Waals surface area contributed by atoms with Gasteiger partial charge in [0.15, 0.2) is 0 Å². The van der Waals surface area contributed by atoms with Crippen molar-refractivity contribution in [2.45, 2.75) is 19.5 Å². The number of hydrogen-bond acceptors (Lipinski definition) is 2. The van der Waals surface area contributed by atoms with E-state index < -0.39 is 12.6 Å². The quantitative estimate of drug-likeness (QED) is 0.918. The molecule has 1 heterocycles. The van der Waals surface area contributed by atoms with Crippen LogP contribution in [-0.4, -0.2) is 17.7 Å². The highest BCUT2D eigenvalue weighted by Gasteiger charge is 2.26. The second-order valence-corrected chi connectivity index (χ2v) is 3.91. The molecule has 0 amide bonds. The Labute approximate surface area is 94.0 Å². The van der Waals surface area contributed by atoms with E-state index in [1.165, 1.54) is 0 Å². The highest BCUT2D eigenvalue weighted by molar-refractivity contribution is 9.10. The fourth-order valence-electron chi connectivity index (χ4n) is 0.975. The average Bonchev–Trinajstić information content (AvgIpc) is 2.09. The van der Waals surface area contributed by atoms with Crippen molar-refractivity contribution in [1.29, 1.82) is 0 Å². The summed E-state index contributed by atoms with van der Waals surface area (Å²) in [4.78, 5) is 4.07. The smallest absolute Gasteiger partial charge is 0.370 e. The molecule has 1 rings (SSSR count). The van der Waals surface area contributed by atoms with Crippen LogP contribution in [0, 0.1) is 6.92 Å². The molecule has 2 nitrogen and oxygen atoms in total. The van der Waals surface area contributed by atoms with E-state index in [-0.39, 0.29) is 6.54 Å². The van der Waals surface area contributed by atoms with Gasteiger partial charge in [0.25, 0.3) is 0 Å². The Bertz CT molecular complexity index is 339. The first-order valence-corrected chi connectivity index (χ1v) is 5.11. The van der Waals surface area contributed by atoms with E-state index in [9.17, 15) is 13.2 Å². The van der Waals surface area contributed by atoms with Crippen LogP contribution >= 0.6 is 15.9 Å². The summed E-state index contributed by atoms with van der Waals surface area (Å²) in [6, 6.07) is 3.38. The Morgan fingerprint density at radius 3 is 2.60 bits per heavy atom. The third-order valence-corrected chi connectivity index (χ3v) is 2.57. The van der Waals surface area contributed by atoms with Crippen molar-refractivity contribution in [2.24, 2.45) is 0 Å². The van der Waals surface area contributed by atoms with Crippen LogP contribution in [-0.2, 0) is 0 Å². The van der Waals surface area contributed by atoms with Gasteiger partial charge in [-0.25, -0.2) is 4.98 Å². The maximum absolute atomic E-state index is 11.8. The Balaban J connectivity index is 2.48. The lowest BCUT2D eigenvalue weighted by atomic mass is 10.3. The topological polar surface area (TPSA) is 24.9 Å². The molecule has 0 radical (unpaired) electrons. The maximum atomic E-state index is 11.8. The number of alkyl halides is 3. The van der Waals surface area contributed by atoms with Crippen LogP contribution < -0.4 is 5.32 Å². The first-order valence-electron chi connectivity index (χ1n) is 4.32. The number of nitrogens with one attached hydrogen (secondary N) is 1. The van der Waals surface area contributed by atoms with E-state index >= 15 is 0 Å². The minimum atomic E-state index is -4.13. The third-order valence-electron chi connectivity index (χ3n) is 1.74. The molecule has 0 bridgehead atoms. The number of halogens is 4. The molecule has 6 heteroatoms. The number of pyridine rings is 1. The van der Waals surface area contributed by atoms with Gasteiger partial charge in [-0.05, 0) is 35.0 Å². The number of nitrogens with zero attached hydrogens (tertiary/aromatic N) is 1. The predicted octanol–water partition coefficient (Wildman–Crippen LogP) is 3.52. The zero-order valence-corrected chi connectivity index (χ0v) is 9.61. The van der Waals surface area contributed by atoms with Gasteiger partial charge >= 0.3 is 6.18 Å². The Morgan fingerprint density at radius 2 is 2.07 bits per heavy atom. The molecular formula is C9H10BrF3N2. The number of rotatable bonds is 3. The fourth-order valence-corrected chi connectivity index (χ4v) is 1.20. The van der Waals surface area contributed by atoms with E-state index in [2.05, 4.69) is 26.2 Å². The normalized spacial score (nSPS) is 11.5. The Hall–Kier alpha value is -0.780. The van der Waals surface area contributed by atoms with Gasteiger partial charge in [0.05, 0.1) is 12.1 Å². The summed E-state index contributed by atoms with van der Waals surface area (Å²) in [6.07, 6.45) is -4.98. The first-order chi connectivity index (χ1) is 6.88. The van der Waals surface area contributed by atoms with Gasteiger partial charge in [-0.1, -0.05) is 0 Å². The molecule has 0 atom stereocenters. The summed E-state index contributed by atoms with van der Waals surface area (Å²) < 4.78 is 36.3. The van der Waals surface area contributed by atoms with Crippen LogP contribution in [0.4, 0.5) is 19.0 Å². The van der Waals surface area contributed by atoms with Crippen LogP contribution in [0.5, 0.6) is 0 Å². The minimum Gasteiger partial charge on any atom is -0.370 e. The molecule has 0 aliphatic carbocycles. The summed E-state index contributed by atoms with van der Waals surface area (Å²) >= 11 is 3.26. The molecule has 0 aromatic carbocycles. The highest BCUT2D eigenvalue weighted by atomic mass is 79.9. The summed E-state index contributed by atoms with van der Waals surface area (Å²) in [5.74, 6) is 0.458. The molecule has 0 saturated heterocycles. The van der Waals surface area contributed by atoms with Gasteiger partial charge < -0.3 is 5.32 Å². The van der Waals surface area contributed by atoms with E-state index in [1.54, 1.807) is 19.1 Å². The lowest BCUT2D eigenvalue weighted by Crippen LogP contribution is -2.15. The van der Waals surface area contributed by atoms with Crippen molar-refractivity contribution in [2.75, 3.05) is 11.9 Å². The molecule has 0 fully saturated rings. The van der Waals surface area contributed by atoms with Crippen LogP contribution in [0.3, 0.4) is 0 Å². The number of aromatic nitrogens is 1. The second-order valence-electron chi connectivity index (χ2n) is 3.06. The van der Waals surface area contributed by atoms with Crippen molar-refractivity contribution < 1.29 is 13.2 Å². The molecule has 1 N–H and O–H groups in total. The van der Waals surface area contributed by atoms with Crippen molar-refractivity contribution in [1.82, 2.24) is 4.98 Å². The van der Waals surface area contributed by atoms with E-state index in [0.29, 0.717) is 5.82 Å². The second kappa shape index (κ2) is 4.83. The molecule has 1 aromatic heterocycles. The van der Waals surface area contributed by atoms with E-state index in [1.807, 2.05) is 0 Å². The molecule has 1 aromatic rings. The molecule has 0 aliphatic rings. The van der Waals surface area contributed by atoms with Gasteiger partial charge in [0, 0.05) is 11.0 Å². The predicted molar refractivity (Wildman–Crippen MR) is 55.8 cm³/mol. The van der Waals surface area contributed by atoms with Crippen molar-refractivity contribution in [3.05, 3.63) is 22.3 Å². The van der Waals surface area contributed by atoms with Gasteiger partial charge in [-0.3, -0.25) is 0 Å². The average molecular weight is 283 g/mol. The SMILES string of the molecule is Cc1nc(NCCC(F)(F)F)ccc1Br. The lowest BCUT2D eigenvalue weighted by molar-refractivity contribution is -0.131. The standard InChI is InChI=1S/C9H10BrF3N2/c1-6-7(10)2-3-8(15-6)14-5-4-9(11,12)13/h2-3H,4-5H2,1H3,(H,14,15). The molecule has 0 spiro atoms. The summed E-state index contributed by atoms with van der Waals surface area (Å²) in [6.45, 7) is 1.62. The zero-order chi connectivity index (χ0) is 11.5. The highest BCUT2D eigenvalue weighted by Crippen LogP contribution is 2.20. The molecule has 0 saturated carbocycles. The van der Waals surface area contributed by atoms with Gasteiger partial charge in [0.1, 0.15) is 5.82 Å². The number of anilines is 1. The Morgan fingerprint density at radius 1 is 1.40 bits per heavy atom. The van der Waals surface area contributed by atoms with Crippen molar-refractivity contribution >= 4 is 21.7 Å².